The zero-order valence-electron chi connectivity index (χ0n) is 13.9. The zero-order chi connectivity index (χ0) is 17.6. The molecule has 2 atom stereocenters. The molecule has 1 saturated heterocycles. The number of sulfonamides is 1. The topological polar surface area (TPSA) is 91.6 Å². The Bertz CT molecular complexity index is 903. The van der Waals surface area contributed by atoms with Gasteiger partial charge in [0.25, 0.3) is 5.91 Å². The number of nitrogens with zero attached hydrogens (tertiary/aromatic N) is 2. The van der Waals surface area contributed by atoms with Gasteiger partial charge in [0.2, 0.25) is 10.0 Å². The Morgan fingerprint density at radius 1 is 1.29 bits per heavy atom. The van der Waals surface area contributed by atoms with Gasteiger partial charge in [0.05, 0.1) is 24.0 Å². The molecule has 2 aromatic rings. The maximum atomic E-state index is 13.0. The molecule has 2 N–H and O–H groups in total. The number of carbonyl (C=O) groups excluding carboxylic acids is 1. The Morgan fingerprint density at radius 3 is 2.62 bits per heavy atom. The Morgan fingerprint density at radius 2 is 1.96 bits per heavy atom. The summed E-state index contributed by atoms with van der Waals surface area (Å²) in [6.07, 6.45) is 0.123. The fourth-order valence-corrected chi connectivity index (χ4v) is 4.07. The van der Waals surface area contributed by atoms with Crippen molar-refractivity contribution in [3.05, 3.63) is 35.5 Å². The minimum atomic E-state index is -3.45. The summed E-state index contributed by atoms with van der Waals surface area (Å²) in [6.45, 7) is 2.14. The second-order valence-electron chi connectivity index (χ2n) is 6.31. The van der Waals surface area contributed by atoms with Crippen molar-refractivity contribution in [1.82, 2.24) is 14.2 Å². The lowest BCUT2D eigenvalue weighted by molar-refractivity contribution is 0.0766. The lowest BCUT2D eigenvalue weighted by Gasteiger charge is -2.16. The van der Waals surface area contributed by atoms with Crippen LogP contribution in [0.3, 0.4) is 0 Å². The molecule has 1 aliphatic heterocycles. The van der Waals surface area contributed by atoms with Gasteiger partial charge in [-0.25, -0.2) is 13.1 Å². The summed E-state index contributed by atoms with van der Waals surface area (Å²) in [7, 11) is -1.54. The van der Waals surface area contributed by atoms with Gasteiger partial charge in [-0.05, 0) is 13.0 Å². The lowest BCUT2D eigenvalue weighted by atomic mass is 10.1. The van der Waals surface area contributed by atoms with Crippen molar-refractivity contribution < 1.29 is 18.3 Å². The summed E-state index contributed by atoms with van der Waals surface area (Å²) in [5, 5.41) is 10.9. The summed E-state index contributed by atoms with van der Waals surface area (Å²) in [4.78, 5) is 14.5. The number of rotatable bonds is 3. The van der Waals surface area contributed by atoms with Crippen LogP contribution in [0.4, 0.5) is 0 Å². The summed E-state index contributed by atoms with van der Waals surface area (Å²) in [5.41, 5.74) is 2.40. The van der Waals surface area contributed by atoms with Crippen LogP contribution in [0.1, 0.15) is 16.1 Å². The second-order valence-corrected chi connectivity index (χ2v) is 8.09. The maximum Gasteiger partial charge on any atom is 0.256 e. The third kappa shape index (κ3) is 2.92. The van der Waals surface area contributed by atoms with E-state index in [2.05, 4.69) is 4.72 Å². The van der Waals surface area contributed by atoms with E-state index in [9.17, 15) is 18.3 Å². The molecule has 0 unspecified atom stereocenters. The Labute approximate surface area is 140 Å². The molecule has 0 saturated carbocycles. The molecular formula is C16H21N3O4S. The van der Waals surface area contributed by atoms with E-state index < -0.39 is 22.2 Å². The number of aliphatic hydroxyl groups is 1. The van der Waals surface area contributed by atoms with Crippen molar-refractivity contribution >= 4 is 26.8 Å². The number of benzene rings is 1. The van der Waals surface area contributed by atoms with Crippen LogP contribution in [0.2, 0.25) is 0 Å². The number of fused-ring (bicyclic) bond motifs is 1. The third-order valence-corrected chi connectivity index (χ3v) is 5.29. The van der Waals surface area contributed by atoms with Gasteiger partial charge in [-0.2, -0.15) is 0 Å². The molecule has 0 bridgehead atoms. The number of para-hydroxylation sites is 1. The third-order valence-electron chi connectivity index (χ3n) is 4.56. The number of hydrogen-bond donors (Lipinski definition) is 2. The highest BCUT2D eigenvalue weighted by atomic mass is 32.2. The van der Waals surface area contributed by atoms with E-state index in [0.29, 0.717) is 5.56 Å². The van der Waals surface area contributed by atoms with Gasteiger partial charge in [0.15, 0.2) is 0 Å². The predicted octanol–water partition coefficient (Wildman–Crippen LogP) is 0.221. The van der Waals surface area contributed by atoms with Crippen molar-refractivity contribution in [2.24, 2.45) is 7.05 Å². The summed E-state index contributed by atoms with van der Waals surface area (Å²) < 4.78 is 27.1. The van der Waals surface area contributed by atoms with Crippen LogP contribution in [0.25, 0.3) is 10.9 Å². The second kappa shape index (κ2) is 5.87. The van der Waals surface area contributed by atoms with Crippen molar-refractivity contribution in [2.75, 3.05) is 19.3 Å². The van der Waals surface area contributed by atoms with Gasteiger partial charge in [0.1, 0.15) is 0 Å². The van der Waals surface area contributed by atoms with Crippen molar-refractivity contribution in [3.63, 3.8) is 0 Å². The lowest BCUT2D eigenvalue weighted by Crippen LogP contribution is -2.42. The van der Waals surface area contributed by atoms with Crippen molar-refractivity contribution in [3.8, 4) is 0 Å². The molecule has 0 spiro atoms. The Hall–Kier alpha value is -1.90. The molecule has 1 amide bonds. The SMILES string of the molecule is Cc1c(C(=O)N2C[C@@H](O)[C@H](NS(C)(=O)=O)C2)c2ccccc2n1C. The summed E-state index contributed by atoms with van der Waals surface area (Å²) in [5.74, 6) is -0.193. The molecular weight excluding hydrogens is 330 g/mol. The summed E-state index contributed by atoms with van der Waals surface area (Å²) >= 11 is 0. The predicted molar refractivity (Wildman–Crippen MR) is 91.3 cm³/mol. The number of carbonyl (C=O) groups is 1. The average molecular weight is 351 g/mol. The van der Waals surface area contributed by atoms with Crippen LogP contribution in [0, 0.1) is 6.92 Å². The standard InChI is InChI=1S/C16H21N3O4S/c1-10-15(11-6-4-5-7-13(11)18(10)2)16(21)19-8-12(14(20)9-19)17-24(3,22)23/h4-7,12,14,17,20H,8-9H2,1-3H3/t12-,14-/m1/s1. The minimum absolute atomic E-state index is 0.106. The number of nitrogens with one attached hydrogen (secondary N) is 1. The van der Waals surface area contributed by atoms with E-state index in [1.807, 2.05) is 42.8 Å². The molecule has 0 aliphatic carbocycles. The maximum absolute atomic E-state index is 13.0. The van der Waals surface area contributed by atoms with Gasteiger partial charge >= 0.3 is 0 Å². The van der Waals surface area contributed by atoms with Crippen LogP contribution in [0.15, 0.2) is 24.3 Å². The van der Waals surface area contributed by atoms with E-state index in [1.165, 1.54) is 4.90 Å². The van der Waals surface area contributed by atoms with Crippen LogP contribution >= 0.6 is 0 Å². The molecule has 1 fully saturated rings. The molecule has 1 aromatic carbocycles. The number of amides is 1. The van der Waals surface area contributed by atoms with Crippen molar-refractivity contribution in [2.45, 2.75) is 19.1 Å². The van der Waals surface area contributed by atoms with Gasteiger partial charge in [-0.15, -0.1) is 0 Å². The van der Waals surface area contributed by atoms with E-state index in [-0.39, 0.29) is 19.0 Å². The number of hydrogen-bond acceptors (Lipinski definition) is 4. The first-order valence-corrected chi connectivity index (χ1v) is 9.57. The number of likely N-dealkylation sites (tertiary alicyclic amines) is 1. The van der Waals surface area contributed by atoms with Gasteiger partial charge in [0, 0.05) is 36.7 Å². The van der Waals surface area contributed by atoms with E-state index >= 15 is 0 Å². The molecule has 7 nitrogen and oxygen atoms in total. The fourth-order valence-electron chi connectivity index (χ4n) is 3.29. The number of aliphatic hydroxyl groups excluding tert-OH is 1. The molecule has 1 aliphatic rings. The molecule has 3 rings (SSSR count). The quantitative estimate of drug-likeness (QED) is 0.828. The first kappa shape index (κ1) is 16.9. The normalized spacial score (nSPS) is 21.6. The first-order valence-electron chi connectivity index (χ1n) is 7.67. The Balaban J connectivity index is 1.92. The number of aryl methyl sites for hydroxylation is 1. The highest BCUT2D eigenvalue weighted by Gasteiger charge is 2.37. The number of aromatic nitrogens is 1. The summed E-state index contributed by atoms with van der Waals surface area (Å²) in [6, 6.07) is 6.96. The zero-order valence-corrected chi connectivity index (χ0v) is 14.7. The number of β-amino-alcohol motifs (C(OH)–C–C–N with tert-alkyl or cyclic N) is 1. The molecule has 8 heteroatoms. The largest absolute Gasteiger partial charge is 0.390 e. The van der Waals surface area contributed by atoms with Crippen LogP contribution in [-0.2, 0) is 17.1 Å². The molecule has 0 radical (unpaired) electrons. The monoisotopic (exact) mass is 351 g/mol. The molecule has 24 heavy (non-hydrogen) atoms. The minimum Gasteiger partial charge on any atom is -0.390 e. The molecule has 1 aromatic heterocycles. The first-order chi connectivity index (χ1) is 11.2. The van der Waals surface area contributed by atoms with E-state index in [4.69, 9.17) is 0 Å². The highest BCUT2D eigenvalue weighted by Crippen LogP contribution is 2.27. The van der Waals surface area contributed by atoms with E-state index in [0.717, 1.165) is 22.9 Å². The Kier molecular flexibility index (Phi) is 4.15. The van der Waals surface area contributed by atoms with Gasteiger partial charge in [-0.3, -0.25) is 4.79 Å². The van der Waals surface area contributed by atoms with Crippen LogP contribution in [-0.4, -0.2) is 60.4 Å². The van der Waals surface area contributed by atoms with E-state index in [1.54, 1.807) is 0 Å². The van der Waals surface area contributed by atoms with Crippen molar-refractivity contribution in [1.29, 1.82) is 0 Å². The van der Waals surface area contributed by atoms with Crippen LogP contribution in [0.5, 0.6) is 0 Å². The van der Waals surface area contributed by atoms with Gasteiger partial charge in [-0.1, -0.05) is 18.2 Å². The van der Waals surface area contributed by atoms with Crippen LogP contribution < -0.4 is 4.72 Å². The molecule has 130 valence electrons. The average Bonchev–Trinajstić information content (AvgIpc) is 2.97. The fraction of sp³-hybridized carbons (Fsp3) is 0.438. The van der Waals surface area contributed by atoms with Gasteiger partial charge < -0.3 is 14.6 Å². The smallest absolute Gasteiger partial charge is 0.256 e. The highest BCUT2D eigenvalue weighted by molar-refractivity contribution is 7.88. The molecule has 2 heterocycles.